The van der Waals surface area contributed by atoms with E-state index in [9.17, 15) is 4.79 Å². The summed E-state index contributed by atoms with van der Waals surface area (Å²) < 4.78 is 0. The van der Waals surface area contributed by atoms with Crippen molar-refractivity contribution in [3.8, 4) is 0 Å². The molecular formula is C3H8Cl2N2O. The molecule has 0 aliphatic rings. The third kappa shape index (κ3) is 17.2. The van der Waals surface area contributed by atoms with Crippen molar-refractivity contribution in [2.75, 3.05) is 0 Å². The van der Waals surface area contributed by atoms with E-state index in [4.69, 9.17) is 5.41 Å². The van der Waals surface area contributed by atoms with Crippen molar-refractivity contribution < 1.29 is 4.79 Å². The van der Waals surface area contributed by atoms with E-state index in [0.29, 0.717) is 0 Å². The van der Waals surface area contributed by atoms with Gasteiger partial charge in [-0.2, -0.15) is 0 Å². The zero-order valence-corrected chi connectivity index (χ0v) is 5.72. The Bertz CT molecular complexity index is 75.7. The second-order valence-electron chi connectivity index (χ2n) is 0.875. The molecule has 0 heterocycles. The standard InChI is InChI=1S/C3H6N2O.2ClH/c4-2-1-3(5)6;;/h2,4H,1H2,(H2,5,6);2*1H. The molecule has 50 valence electrons. The first-order valence-electron chi connectivity index (χ1n) is 1.54. The molecule has 0 aromatic rings. The van der Waals surface area contributed by atoms with Crippen LogP contribution < -0.4 is 5.73 Å². The molecule has 0 rings (SSSR count). The van der Waals surface area contributed by atoms with Crippen LogP contribution in [0.3, 0.4) is 0 Å². The van der Waals surface area contributed by atoms with Crippen molar-refractivity contribution in [3.05, 3.63) is 0 Å². The van der Waals surface area contributed by atoms with Gasteiger partial charge in [-0.1, -0.05) is 0 Å². The van der Waals surface area contributed by atoms with Crippen molar-refractivity contribution in [1.82, 2.24) is 0 Å². The minimum absolute atomic E-state index is 0. The minimum atomic E-state index is -0.454. The topological polar surface area (TPSA) is 66.9 Å². The Morgan fingerprint density at radius 2 is 2.00 bits per heavy atom. The normalized spacial score (nSPS) is 5.50. The van der Waals surface area contributed by atoms with Crippen molar-refractivity contribution in [2.45, 2.75) is 6.42 Å². The van der Waals surface area contributed by atoms with Crippen LogP contribution >= 0.6 is 24.8 Å². The van der Waals surface area contributed by atoms with Crippen LogP contribution in [0.25, 0.3) is 0 Å². The average Bonchev–Trinajstić information content (AvgIpc) is 1.35. The maximum atomic E-state index is 9.67. The Morgan fingerprint density at radius 3 is 2.00 bits per heavy atom. The number of primary amides is 1. The molecule has 0 spiro atoms. The highest BCUT2D eigenvalue weighted by atomic mass is 35.5. The van der Waals surface area contributed by atoms with Crippen molar-refractivity contribution in [1.29, 1.82) is 5.41 Å². The lowest BCUT2D eigenvalue weighted by Gasteiger charge is -1.75. The predicted octanol–water partition coefficient (Wildman–Crippen LogP) is 0.355. The summed E-state index contributed by atoms with van der Waals surface area (Å²) in [5.74, 6) is -0.454. The van der Waals surface area contributed by atoms with Gasteiger partial charge in [0.15, 0.2) is 0 Å². The van der Waals surface area contributed by atoms with Crippen LogP contribution in [0.15, 0.2) is 0 Å². The highest BCUT2D eigenvalue weighted by molar-refractivity contribution is 5.87. The minimum Gasteiger partial charge on any atom is -0.369 e. The molecule has 3 N–H and O–H groups in total. The van der Waals surface area contributed by atoms with Crippen molar-refractivity contribution >= 4 is 36.9 Å². The Labute approximate surface area is 60.0 Å². The SMILES string of the molecule is Cl.Cl.N=CCC(N)=O. The first kappa shape index (κ1) is 15.6. The summed E-state index contributed by atoms with van der Waals surface area (Å²) in [5.41, 5.74) is 4.61. The number of hydrogen-bond acceptors (Lipinski definition) is 2. The van der Waals surface area contributed by atoms with E-state index < -0.39 is 5.91 Å². The number of halogens is 2. The number of amides is 1. The van der Waals surface area contributed by atoms with Gasteiger partial charge in [0.25, 0.3) is 0 Å². The Balaban J connectivity index is -0.000000125. The summed E-state index contributed by atoms with van der Waals surface area (Å²) in [4.78, 5) is 9.67. The summed E-state index contributed by atoms with van der Waals surface area (Å²) >= 11 is 0. The number of nitrogens with one attached hydrogen (secondary N) is 1. The summed E-state index contributed by atoms with van der Waals surface area (Å²) in [6, 6.07) is 0. The monoisotopic (exact) mass is 158 g/mol. The molecule has 0 radical (unpaired) electrons. The van der Waals surface area contributed by atoms with Crippen LogP contribution in [0.1, 0.15) is 6.42 Å². The number of hydrogen-bond donors (Lipinski definition) is 2. The third-order valence-corrected chi connectivity index (χ3v) is 0.303. The van der Waals surface area contributed by atoms with Crippen LogP contribution in [-0.4, -0.2) is 12.1 Å². The lowest BCUT2D eigenvalue weighted by molar-refractivity contribution is -0.116. The molecule has 0 unspecified atom stereocenters. The average molecular weight is 159 g/mol. The number of carbonyl (C=O) groups is 1. The lowest BCUT2D eigenvalue weighted by Crippen LogP contribution is -2.09. The summed E-state index contributed by atoms with van der Waals surface area (Å²) in [7, 11) is 0. The van der Waals surface area contributed by atoms with E-state index in [1.807, 2.05) is 0 Å². The lowest BCUT2D eigenvalue weighted by atomic mass is 10.5. The molecule has 1 amide bonds. The molecule has 0 saturated heterocycles. The second-order valence-corrected chi connectivity index (χ2v) is 0.875. The van der Waals surface area contributed by atoms with Gasteiger partial charge in [-0.15, -0.1) is 24.8 Å². The number of carbonyl (C=O) groups excluding carboxylic acids is 1. The predicted molar refractivity (Wildman–Crippen MR) is 37.1 cm³/mol. The summed E-state index contributed by atoms with van der Waals surface area (Å²) in [5, 5.41) is 6.31. The first-order chi connectivity index (χ1) is 2.77. The van der Waals surface area contributed by atoms with Gasteiger partial charge >= 0.3 is 0 Å². The molecule has 0 aromatic carbocycles. The van der Waals surface area contributed by atoms with E-state index >= 15 is 0 Å². The third-order valence-electron chi connectivity index (χ3n) is 0.303. The maximum absolute atomic E-state index is 9.67. The molecule has 8 heavy (non-hydrogen) atoms. The molecule has 0 aliphatic heterocycles. The van der Waals surface area contributed by atoms with Gasteiger partial charge in [0.1, 0.15) is 0 Å². The van der Waals surface area contributed by atoms with Gasteiger partial charge in [0, 0.05) is 6.21 Å². The first-order valence-corrected chi connectivity index (χ1v) is 1.54. The quantitative estimate of drug-likeness (QED) is 0.561. The molecule has 0 atom stereocenters. The van der Waals surface area contributed by atoms with Crippen LogP contribution in [0.2, 0.25) is 0 Å². The van der Waals surface area contributed by atoms with Crippen molar-refractivity contribution in [2.24, 2.45) is 5.73 Å². The van der Waals surface area contributed by atoms with Crippen LogP contribution in [-0.2, 0) is 4.79 Å². The molecule has 0 fully saturated rings. The number of nitrogens with two attached hydrogens (primary N) is 1. The molecule has 0 saturated carbocycles. The fraction of sp³-hybridized carbons (Fsp3) is 0.333. The van der Waals surface area contributed by atoms with Gasteiger partial charge in [-0.25, -0.2) is 0 Å². The van der Waals surface area contributed by atoms with Crippen LogP contribution in [0.4, 0.5) is 0 Å². The summed E-state index contributed by atoms with van der Waals surface area (Å²) in [6.45, 7) is 0. The zero-order valence-electron chi connectivity index (χ0n) is 4.09. The van der Waals surface area contributed by atoms with E-state index in [0.717, 1.165) is 6.21 Å². The van der Waals surface area contributed by atoms with Gasteiger partial charge < -0.3 is 11.1 Å². The molecular weight excluding hydrogens is 151 g/mol. The Hall–Kier alpha value is -0.280. The van der Waals surface area contributed by atoms with E-state index in [2.05, 4.69) is 5.73 Å². The Morgan fingerprint density at radius 1 is 1.62 bits per heavy atom. The molecule has 0 bridgehead atoms. The highest BCUT2D eigenvalue weighted by Crippen LogP contribution is 1.61. The van der Waals surface area contributed by atoms with E-state index in [-0.39, 0.29) is 31.2 Å². The van der Waals surface area contributed by atoms with Crippen LogP contribution in [0.5, 0.6) is 0 Å². The molecule has 0 aromatic heterocycles. The van der Waals surface area contributed by atoms with Crippen LogP contribution in [0, 0.1) is 5.41 Å². The largest absolute Gasteiger partial charge is 0.369 e. The van der Waals surface area contributed by atoms with Gasteiger partial charge in [-0.05, 0) is 0 Å². The Kier molecular flexibility index (Phi) is 19.3. The molecule has 0 aliphatic carbocycles. The maximum Gasteiger partial charge on any atom is 0.222 e. The number of rotatable bonds is 2. The summed E-state index contributed by atoms with van der Waals surface area (Å²) in [6.07, 6.45) is 1.03. The molecule has 3 nitrogen and oxygen atoms in total. The highest BCUT2D eigenvalue weighted by Gasteiger charge is 1.82. The second kappa shape index (κ2) is 9.87. The van der Waals surface area contributed by atoms with Gasteiger partial charge in [-0.3, -0.25) is 4.79 Å². The smallest absolute Gasteiger partial charge is 0.222 e. The fourth-order valence-electron chi connectivity index (χ4n) is 0.101. The van der Waals surface area contributed by atoms with E-state index in [1.54, 1.807) is 0 Å². The van der Waals surface area contributed by atoms with Crippen molar-refractivity contribution in [3.63, 3.8) is 0 Å². The fourth-order valence-corrected chi connectivity index (χ4v) is 0.101. The van der Waals surface area contributed by atoms with E-state index in [1.165, 1.54) is 0 Å². The molecule has 5 heteroatoms. The van der Waals surface area contributed by atoms with Gasteiger partial charge in [0.2, 0.25) is 5.91 Å². The van der Waals surface area contributed by atoms with Gasteiger partial charge in [0.05, 0.1) is 6.42 Å². The zero-order chi connectivity index (χ0) is 4.99.